The summed E-state index contributed by atoms with van der Waals surface area (Å²) in [6, 6.07) is 4.13. The largest absolute Gasteiger partial charge is 0.404 e. The maximum Gasteiger partial charge on any atom is 0.331 e. The fourth-order valence-corrected chi connectivity index (χ4v) is 2.03. The van der Waals surface area contributed by atoms with Gasteiger partial charge in [-0.15, -0.1) is 0 Å². The van der Waals surface area contributed by atoms with Crippen LogP contribution in [-0.4, -0.2) is 31.8 Å². The standard InChI is InChI=1S/C14H14F4N4O/c15-13(16)11-3-8(12-6-23-7-21-22-12)1-2-10(11)9(4-19)5-20-14(17)18/h1-5,13-14,21H,6-7,19H2. The van der Waals surface area contributed by atoms with Gasteiger partial charge in [0.2, 0.25) is 0 Å². The van der Waals surface area contributed by atoms with E-state index >= 15 is 0 Å². The Morgan fingerprint density at radius 2 is 2.13 bits per heavy atom. The Bertz CT molecular complexity index is 644. The minimum absolute atomic E-state index is 0.0212. The number of hydrogen-bond donors (Lipinski definition) is 2. The van der Waals surface area contributed by atoms with Gasteiger partial charge in [-0.25, -0.2) is 13.8 Å². The molecule has 0 spiro atoms. The van der Waals surface area contributed by atoms with Crippen LogP contribution in [0.2, 0.25) is 0 Å². The number of halogens is 4. The van der Waals surface area contributed by atoms with Crippen LogP contribution in [0.1, 0.15) is 23.1 Å². The molecular weight excluding hydrogens is 316 g/mol. The molecule has 0 atom stereocenters. The highest BCUT2D eigenvalue weighted by Gasteiger charge is 2.18. The van der Waals surface area contributed by atoms with Gasteiger partial charge in [0, 0.05) is 29.1 Å². The molecule has 1 aliphatic heterocycles. The van der Waals surface area contributed by atoms with Gasteiger partial charge in [0.05, 0.1) is 12.3 Å². The average molecular weight is 330 g/mol. The zero-order valence-corrected chi connectivity index (χ0v) is 11.8. The molecule has 1 aliphatic rings. The molecule has 3 N–H and O–H groups in total. The Labute approximate surface area is 129 Å². The predicted molar refractivity (Wildman–Crippen MR) is 78.6 cm³/mol. The first-order valence-corrected chi connectivity index (χ1v) is 6.56. The Balaban J connectivity index is 2.42. The molecule has 23 heavy (non-hydrogen) atoms. The topological polar surface area (TPSA) is 72.0 Å². The van der Waals surface area contributed by atoms with E-state index < -0.39 is 13.0 Å². The molecule has 0 bridgehead atoms. The molecule has 9 heteroatoms. The summed E-state index contributed by atoms with van der Waals surface area (Å²) in [5.74, 6) is 0. The van der Waals surface area contributed by atoms with E-state index in [2.05, 4.69) is 15.5 Å². The molecule has 0 fully saturated rings. The van der Waals surface area contributed by atoms with Crippen molar-refractivity contribution in [3.63, 3.8) is 0 Å². The fourth-order valence-electron chi connectivity index (χ4n) is 2.03. The Morgan fingerprint density at radius 1 is 1.35 bits per heavy atom. The SMILES string of the molecule is NC=C(C=NC(F)F)c1ccc(C2=NNCOC2)cc1C(F)F. The van der Waals surface area contributed by atoms with Crippen LogP contribution < -0.4 is 11.2 Å². The highest BCUT2D eigenvalue weighted by atomic mass is 19.3. The van der Waals surface area contributed by atoms with Crippen LogP contribution in [0, 0.1) is 0 Å². The molecule has 0 aliphatic carbocycles. The van der Waals surface area contributed by atoms with Crippen molar-refractivity contribution in [2.45, 2.75) is 13.0 Å². The fraction of sp³-hybridized carbons (Fsp3) is 0.286. The van der Waals surface area contributed by atoms with Gasteiger partial charge in [0.15, 0.2) is 0 Å². The third kappa shape index (κ3) is 4.28. The molecular formula is C14H14F4N4O. The molecule has 0 unspecified atom stereocenters. The van der Waals surface area contributed by atoms with Crippen LogP contribution in [-0.2, 0) is 4.74 Å². The monoisotopic (exact) mass is 330 g/mol. The van der Waals surface area contributed by atoms with E-state index in [9.17, 15) is 17.6 Å². The quantitative estimate of drug-likeness (QED) is 0.495. The highest BCUT2D eigenvalue weighted by molar-refractivity contribution is 6.11. The summed E-state index contributed by atoms with van der Waals surface area (Å²) in [5, 5.41) is 3.99. The second kappa shape index (κ2) is 7.73. The number of alkyl halides is 4. The number of hydrazone groups is 1. The summed E-state index contributed by atoms with van der Waals surface area (Å²) in [5.41, 5.74) is 8.51. The molecule has 1 aromatic rings. The molecule has 0 aromatic heterocycles. The van der Waals surface area contributed by atoms with Crippen molar-refractivity contribution in [3.8, 4) is 0 Å². The summed E-state index contributed by atoms with van der Waals surface area (Å²) in [6.45, 7) is -2.52. The molecule has 0 radical (unpaired) electrons. The Morgan fingerprint density at radius 3 is 2.70 bits per heavy atom. The van der Waals surface area contributed by atoms with Crippen LogP contribution >= 0.6 is 0 Å². The van der Waals surface area contributed by atoms with Crippen molar-refractivity contribution in [1.29, 1.82) is 0 Å². The van der Waals surface area contributed by atoms with E-state index in [4.69, 9.17) is 10.5 Å². The molecule has 0 saturated carbocycles. The third-order valence-electron chi connectivity index (χ3n) is 3.06. The number of ether oxygens (including phenoxy) is 1. The van der Waals surface area contributed by atoms with E-state index in [-0.39, 0.29) is 30.0 Å². The molecule has 1 aromatic carbocycles. The lowest BCUT2D eigenvalue weighted by Crippen LogP contribution is -2.26. The molecule has 1 heterocycles. The van der Waals surface area contributed by atoms with E-state index in [1.54, 1.807) is 0 Å². The molecule has 0 amide bonds. The van der Waals surface area contributed by atoms with Crippen molar-refractivity contribution in [2.24, 2.45) is 15.8 Å². The molecule has 0 saturated heterocycles. The molecule has 124 valence electrons. The van der Waals surface area contributed by atoms with Gasteiger partial charge >= 0.3 is 6.55 Å². The van der Waals surface area contributed by atoms with Crippen LogP contribution in [0.5, 0.6) is 0 Å². The van der Waals surface area contributed by atoms with Gasteiger partial charge in [-0.3, -0.25) is 5.43 Å². The van der Waals surface area contributed by atoms with E-state index in [0.717, 1.165) is 12.4 Å². The number of nitrogens with zero attached hydrogens (tertiary/aromatic N) is 2. The third-order valence-corrected chi connectivity index (χ3v) is 3.06. The van der Waals surface area contributed by atoms with Gasteiger partial charge in [-0.1, -0.05) is 12.1 Å². The summed E-state index contributed by atoms with van der Waals surface area (Å²) in [4.78, 5) is 2.88. The average Bonchev–Trinajstić information content (AvgIpc) is 2.56. The van der Waals surface area contributed by atoms with Crippen LogP contribution in [0.25, 0.3) is 5.57 Å². The second-order valence-electron chi connectivity index (χ2n) is 4.49. The highest BCUT2D eigenvalue weighted by Crippen LogP contribution is 2.29. The predicted octanol–water partition coefficient (Wildman–Crippen LogP) is 2.50. The van der Waals surface area contributed by atoms with Crippen LogP contribution in [0.4, 0.5) is 17.6 Å². The smallest absolute Gasteiger partial charge is 0.331 e. The zero-order chi connectivity index (χ0) is 16.8. The molecule has 5 nitrogen and oxygen atoms in total. The lowest BCUT2D eigenvalue weighted by atomic mass is 9.97. The van der Waals surface area contributed by atoms with Gasteiger partial charge in [0.1, 0.15) is 6.73 Å². The first-order chi connectivity index (χ1) is 11.0. The number of nitrogens with two attached hydrogens (primary N) is 1. The molecule has 2 rings (SSSR count). The van der Waals surface area contributed by atoms with Gasteiger partial charge in [-0.05, 0) is 11.6 Å². The number of nitrogens with one attached hydrogen (secondary N) is 1. The normalized spacial score (nSPS) is 16.1. The first-order valence-electron chi connectivity index (χ1n) is 6.56. The van der Waals surface area contributed by atoms with E-state index in [1.807, 2.05) is 0 Å². The minimum atomic E-state index is -2.95. The van der Waals surface area contributed by atoms with Crippen molar-refractivity contribution >= 4 is 17.5 Å². The Hall–Kier alpha value is -2.42. The van der Waals surface area contributed by atoms with Crippen molar-refractivity contribution in [3.05, 3.63) is 41.1 Å². The Kier molecular flexibility index (Phi) is 5.69. The number of allylic oxidation sites excluding steroid dienone is 1. The van der Waals surface area contributed by atoms with Crippen molar-refractivity contribution < 1.29 is 22.3 Å². The minimum Gasteiger partial charge on any atom is -0.404 e. The zero-order valence-electron chi connectivity index (χ0n) is 11.8. The maximum atomic E-state index is 13.3. The van der Waals surface area contributed by atoms with Crippen molar-refractivity contribution in [1.82, 2.24) is 5.43 Å². The lowest BCUT2D eigenvalue weighted by Gasteiger charge is -2.16. The van der Waals surface area contributed by atoms with Crippen molar-refractivity contribution in [2.75, 3.05) is 13.3 Å². The maximum absolute atomic E-state index is 13.3. The van der Waals surface area contributed by atoms with E-state index in [0.29, 0.717) is 11.3 Å². The number of benzene rings is 1. The second-order valence-corrected chi connectivity index (χ2v) is 4.49. The lowest BCUT2D eigenvalue weighted by molar-refractivity contribution is 0.140. The van der Waals surface area contributed by atoms with Gasteiger partial charge in [-0.2, -0.15) is 13.9 Å². The first kappa shape index (κ1) is 16.9. The summed E-state index contributed by atoms with van der Waals surface area (Å²) in [7, 11) is 0. The number of hydrogen-bond acceptors (Lipinski definition) is 5. The summed E-state index contributed by atoms with van der Waals surface area (Å²) >= 11 is 0. The van der Waals surface area contributed by atoms with Gasteiger partial charge < -0.3 is 10.5 Å². The summed E-state index contributed by atoms with van der Waals surface area (Å²) < 4.78 is 56.1. The number of aliphatic imine (C=N–C) groups is 1. The van der Waals surface area contributed by atoms with Crippen LogP contribution in [0.15, 0.2) is 34.5 Å². The summed E-state index contributed by atoms with van der Waals surface area (Å²) in [6.07, 6.45) is -1.10. The van der Waals surface area contributed by atoms with Crippen LogP contribution in [0.3, 0.4) is 0 Å². The van der Waals surface area contributed by atoms with Gasteiger partial charge in [0.25, 0.3) is 6.43 Å². The van der Waals surface area contributed by atoms with E-state index in [1.165, 1.54) is 18.2 Å². The number of rotatable bonds is 5.